The SMILES string of the molecule is CCCC(N)C(=O)N1CCC(F)(C(=O)OC)C1.Cl. The van der Waals surface area contributed by atoms with Gasteiger partial charge in [-0.1, -0.05) is 13.3 Å². The summed E-state index contributed by atoms with van der Waals surface area (Å²) in [7, 11) is 1.14. The number of carbonyl (C=O) groups excluding carboxylic acids is 2. The first kappa shape index (κ1) is 17.1. The number of ether oxygens (including phenoxy) is 1. The Hall–Kier alpha value is -0.880. The smallest absolute Gasteiger partial charge is 0.345 e. The van der Waals surface area contributed by atoms with Crippen molar-refractivity contribution in [2.45, 2.75) is 37.9 Å². The van der Waals surface area contributed by atoms with Gasteiger partial charge in [0.1, 0.15) is 0 Å². The lowest BCUT2D eigenvalue weighted by Crippen LogP contribution is -2.45. The van der Waals surface area contributed by atoms with Gasteiger partial charge in [0.2, 0.25) is 11.6 Å². The molecule has 0 aromatic heterocycles. The standard InChI is InChI=1S/C11H19FN2O3.ClH/c1-3-4-8(13)9(15)14-6-5-11(12,7-14)10(16)17-2;/h8H,3-7,13H2,1-2H3;1H. The first-order chi connectivity index (χ1) is 7.94. The lowest BCUT2D eigenvalue weighted by Gasteiger charge is -2.21. The lowest BCUT2D eigenvalue weighted by atomic mass is 10.1. The minimum absolute atomic E-state index is 0. The highest BCUT2D eigenvalue weighted by molar-refractivity contribution is 5.86. The third-order valence-corrected chi connectivity index (χ3v) is 3.00. The van der Waals surface area contributed by atoms with Crippen molar-refractivity contribution in [2.75, 3.05) is 20.2 Å². The van der Waals surface area contributed by atoms with Crippen molar-refractivity contribution in [3.63, 3.8) is 0 Å². The summed E-state index contributed by atoms with van der Waals surface area (Å²) in [6.07, 6.45) is 1.33. The van der Waals surface area contributed by atoms with Crippen LogP contribution in [0.4, 0.5) is 4.39 Å². The number of methoxy groups -OCH3 is 1. The Morgan fingerprint density at radius 3 is 2.67 bits per heavy atom. The largest absolute Gasteiger partial charge is 0.467 e. The molecule has 1 amide bonds. The summed E-state index contributed by atoms with van der Waals surface area (Å²) >= 11 is 0. The molecular formula is C11H20ClFN2O3. The molecule has 0 aliphatic carbocycles. The molecule has 0 radical (unpaired) electrons. The lowest BCUT2D eigenvalue weighted by molar-refractivity contribution is -0.154. The summed E-state index contributed by atoms with van der Waals surface area (Å²) in [6, 6.07) is -0.611. The van der Waals surface area contributed by atoms with Crippen molar-refractivity contribution < 1.29 is 18.7 Å². The molecule has 0 spiro atoms. The molecular weight excluding hydrogens is 263 g/mol. The van der Waals surface area contributed by atoms with Crippen LogP contribution < -0.4 is 5.73 Å². The van der Waals surface area contributed by atoms with Crippen LogP contribution >= 0.6 is 12.4 Å². The predicted octanol–water partition coefficient (Wildman–Crippen LogP) is 0.649. The number of likely N-dealkylation sites (tertiary alicyclic amines) is 1. The fourth-order valence-corrected chi connectivity index (χ4v) is 1.98. The van der Waals surface area contributed by atoms with Crippen molar-refractivity contribution in [3.05, 3.63) is 0 Å². The van der Waals surface area contributed by atoms with E-state index in [2.05, 4.69) is 4.74 Å². The third kappa shape index (κ3) is 3.55. The highest BCUT2D eigenvalue weighted by Crippen LogP contribution is 2.27. The molecule has 0 saturated carbocycles. The monoisotopic (exact) mass is 282 g/mol. The Labute approximate surface area is 112 Å². The molecule has 1 saturated heterocycles. The molecule has 0 aromatic rings. The van der Waals surface area contributed by atoms with Crippen LogP contribution in [0.3, 0.4) is 0 Å². The van der Waals surface area contributed by atoms with Gasteiger partial charge in [0.05, 0.1) is 19.7 Å². The van der Waals surface area contributed by atoms with Gasteiger partial charge < -0.3 is 15.4 Å². The molecule has 2 N–H and O–H groups in total. The van der Waals surface area contributed by atoms with E-state index in [0.29, 0.717) is 6.42 Å². The molecule has 18 heavy (non-hydrogen) atoms. The molecule has 7 heteroatoms. The van der Waals surface area contributed by atoms with Gasteiger partial charge in [0.25, 0.3) is 0 Å². The van der Waals surface area contributed by atoms with Crippen LogP contribution in [0.2, 0.25) is 0 Å². The molecule has 0 aromatic carbocycles. The molecule has 1 rings (SSSR count). The number of rotatable bonds is 4. The van der Waals surface area contributed by atoms with E-state index in [1.165, 1.54) is 4.90 Å². The van der Waals surface area contributed by atoms with Gasteiger partial charge in [-0.3, -0.25) is 4.79 Å². The predicted molar refractivity (Wildman–Crippen MR) is 67.2 cm³/mol. The molecule has 0 bridgehead atoms. The van der Waals surface area contributed by atoms with Gasteiger partial charge in [-0.15, -0.1) is 12.4 Å². The van der Waals surface area contributed by atoms with E-state index in [1.54, 1.807) is 0 Å². The zero-order chi connectivity index (χ0) is 13.1. The van der Waals surface area contributed by atoms with Crippen LogP contribution in [0.5, 0.6) is 0 Å². The number of carbonyl (C=O) groups is 2. The average molecular weight is 283 g/mol. The van der Waals surface area contributed by atoms with Crippen molar-refractivity contribution in [1.82, 2.24) is 4.90 Å². The van der Waals surface area contributed by atoms with Crippen molar-refractivity contribution in [2.24, 2.45) is 5.73 Å². The number of esters is 1. The summed E-state index contributed by atoms with van der Waals surface area (Å²) in [4.78, 5) is 24.4. The van der Waals surface area contributed by atoms with Gasteiger partial charge in [-0.25, -0.2) is 9.18 Å². The maximum absolute atomic E-state index is 14.1. The number of hydrogen-bond donors (Lipinski definition) is 1. The number of nitrogens with zero attached hydrogens (tertiary/aromatic N) is 1. The molecule has 1 heterocycles. The fraction of sp³-hybridized carbons (Fsp3) is 0.818. The summed E-state index contributed by atoms with van der Waals surface area (Å²) in [5.41, 5.74) is 3.60. The topological polar surface area (TPSA) is 72.6 Å². The van der Waals surface area contributed by atoms with E-state index < -0.39 is 17.7 Å². The number of halogens is 2. The van der Waals surface area contributed by atoms with Crippen LogP contribution in [0.15, 0.2) is 0 Å². The van der Waals surface area contributed by atoms with Crippen molar-refractivity contribution >= 4 is 24.3 Å². The summed E-state index contributed by atoms with van der Waals surface area (Å²) in [5.74, 6) is -1.22. The van der Waals surface area contributed by atoms with Crippen LogP contribution in [0.1, 0.15) is 26.2 Å². The minimum Gasteiger partial charge on any atom is -0.467 e. The second-order valence-corrected chi connectivity index (χ2v) is 4.36. The average Bonchev–Trinajstić information content (AvgIpc) is 2.71. The summed E-state index contributed by atoms with van der Waals surface area (Å²) < 4.78 is 18.4. The maximum atomic E-state index is 14.1. The van der Waals surface area contributed by atoms with Crippen LogP contribution in [0, 0.1) is 0 Å². The first-order valence-corrected chi connectivity index (χ1v) is 5.76. The zero-order valence-corrected chi connectivity index (χ0v) is 11.5. The second kappa shape index (κ2) is 6.89. The second-order valence-electron chi connectivity index (χ2n) is 4.36. The van der Waals surface area contributed by atoms with E-state index in [-0.39, 0.29) is 37.8 Å². The molecule has 106 valence electrons. The molecule has 1 fully saturated rings. The number of nitrogens with two attached hydrogens (primary N) is 1. The summed E-state index contributed by atoms with van der Waals surface area (Å²) in [6.45, 7) is 1.88. The maximum Gasteiger partial charge on any atom is 0.345 e. The van der Waals surface area contributed by atoms with Gasteiger partial charge in [-0.05, 0) is 6.42 Å². The van der Waals surface area contributed by atoms with E-state index in [0.717, 1.165) is 13.5 Å². The number of amides is 1. The molecule has 1 aliphatic heterocycles. The quantitative estimate of drug-likeness (QED) is 0.769. The number of alkyl halides is 1. The van der Waals surface area contributed by atoms with E-state index in [4.69, 9.17) is 5.73 Å². The van der Waals surface area contributed by atoms with Gasteiger partial charge in [0, 0.05) is 13.0 Å². The first-order valence-electron chi connectivity index (χ1n) is 5.76. The van der Waals surface area contributed by atoms with Crippen LogP contribution in [0.25, 0.3) is 0 Å². The fourth-order valence-electron chi connectivity index (χ4n) is 1.98. The van der Waals surface area contributed by atoms with E-state index >= 15 is 0 Å². The highest BCUT2D eigenvalue weighted by atomic mass is 35.5. The van der Waals surface area contributed by atoms with Crippen molar-refractivity contribution in [1.29, 1.82) is 0 Å². The van der Waals surface area contributed by atoms with Gasteiger partial charge in [0.15, 0.2) is 0 Å². The zero-order valence-electron chi connectivity index (χ0n) is 10.6. The Balaban J connectivity index is 0.00000289. The summed E-state index contributed by atoms with van der Waals surface area (Å²) in [5, 5.41) is 0. The van der Waals surface area contributed by atoms with Crippen molar-refractivity contribution in [3.8, 4) is 0 Å². The Kier molecular flexibility index (Phi) is 6.56. The molecule has 5 nitrogen and oxygen atoms in total. The highest BCUT2D eigenvalue weighted by Gasteiger charge is 2.48. The molecule has 2 unspecified atom stereocenters. The Morgan fingerprint density at radius 2 is 2.17 bits per heavy atom. The van der Waals surface area contributed by atoms with E-state index in [1.807, 2.05) is 6.92 Å². The number of hydrogen-bond acceptors (Lipinski definition) is 4. The van der Waals surface area contributed by atoms with E-state index in [9.17, 15) is 14.0 Å². The normalized spacial score (nSPS) is 24.3. The van der Waals surface area contributed by atoms with Crippen LogP contribution in [-0.4, -0.2) is 48.7 Å². The van der Waals surface area contributed by atoms with Crippen LogP contribution in [-0.2, 0) is 14.3 Å². The molecule has 1 aliphatic rings. The Morgan fingerprint density at radius 1 is 1.56 bits per heavy atom. The third-order valence-electron chi connectivity index (χ3n) is 3.00. The minimum atomic E-state index is -2.07. The van der Waals surface area contributed by atoms with Gasteiger partial charge in [-0.2, -0.15) is 0 Å². The molecule has 2 atom stereocenters. The van der Waals surface area contributed by atoms with Gasteiger partial charge >= 0.3 is 5.97 Å². The Bertz CT molecular complexity index is 317.